The highest BCUT2D eigenvalue weighted by Crippen LogP contribution is 2.30. The van der Waals surface area contributed by atoms with Gasteiger partial charge in [0.25, 0.3) is 0 Å². The summed E-state index contributed by atoms with van der Waals surface area (Å²) in [5.74, 6) is 1.65. The highest BCUT2D eigenvalue weighted by Gasteiger charge is 2.17. The number of fused-ring (bicyclic) bond motifs is 1. The van der Waals surface area contributed by atoms with Crippen molar-refractivity contribution in [3.8, 4) is 17.2 Å². The van der Waals surface area contributed by atoms with Gasteiger partial charge in [-0.25, -0.2) is 4.79 Å². The number of ether oxygens (including phenoxy) is 1. The van der Waals surface area contributed by atoms with E-state index in [1.807, 2.05) is 47.0 Å². The number of thioether (sulfide) groups is 1. The number of hydrogen-bond donors (Lipinski definition) is 1. The van der Waals surface area contributed by atoms with E-state index in [9.17, 15) is 9.90 Å². The number of aromatic hydroxyl groups is 1. The number of halogens is 1. The normalized spacial score (nSPS) is 11.1. The SMILES string of the molecule is O=c1cc(CSc2nnc(COc3ccccc3Cl)n2-c2ccccc2)c2ccc(O)cc2o1. The average molecular weight is 492 g/mol. The number of aromatic nitrogens is 3. The first-order chi connectivity index (χ1) is 16.6. The number of para-hydroxylation sites is 2. The van der Waals surface area contributed by atoms with E-state index in [1.165, 1.54) is 23.9 Å². The van der Waals surface area contributed by atoms with E-state index in [0.29, 0.717) is 33.1 Å². The van der Waals surface area contributed by atoms with Gasteiger partial charge < -0.3 is 14.3 Å². The summed E-state index contributed by atoms with van der Waals surface area (Å²) in [4.78, 5) is 12.0. The summed E-state index contributed by atoms with van der Waals surface area (Å²) in [6, 6.07) is 23.2. The van der Waals surface area contributed by atoms with Crippen LogP contribution in [0.5, 0.6) is 11.5 Å². The van der Waals surface area contributed by atoms with Crippen molar-refractivity contribution < 1.29 is 14.3 Å². The summed E-state index contributed by atoms with van der Waals surface area (Å²) >= 11 is 7.65. The van der Waals surface area contributed by atoms with Crippen molar-refractivity contribution >= 4 is 34.3 Å². The number of hydrogen-bond acceptors (Lipinski definition) is 7. The molecule has 0 saturated heterocycles. The Balaban J connectivity index is 1.46. The minimum atomic E-state index is -0.480. The summed E-state index contributed by atoms with van der Waals surface area (Å²) in [6.45, 7) is 0.170. The maximum atomic E-state index is 12.0. The third kappa shape index (κ3) is 4.64. The Hall–Kier alpha value is -3.75. The van der Waals surface area contributed by atoms with Crippen molar-refractivity contribution in [1.82, 2.24) is 14.8 Å². The molecule has 0 radical (unpaired) electrons. The van der Waals surface area contributed by atoms with E-state index < -0.39 is 5.63 Å². The third-order valence-corrected chi connectivity index (χ3v) is 6.37. The van der Waals surface area contributed by atoms with Crippen molar-refractivity contribution in [2.24, 2.45) is 0 Å². The lowest BCUT2D eigenvalue weighted by Gasteiger charge is -2.12. The molecule has 1 N–H and O–H groups in total. The summed E-state index contributed by atoms with van der Waals surface area (Å²) in [5.41, 5.74) is 1.51. The molecule has 0 saturated carbocycles. The summed E-state index contributed by atoms with van der Waals surface area (Å²) < 4.78 is 13.1. The van der Waals surface area contributed by atoms with E-state index in [4.69, 9.17) is 20.8 Å². The second kappa shape index (κ2) is 9.62. The quantitative estimate of drug-likeness (QED) is 0.234. The smallest absolute Gasteiger partial charge is 0.336 e. The van der Waals surface area contributed by atoms with Crippen LogP contribution in [-0.4, -0.2) is 19.9 Å². The molecule has 9 heteroatoms. The van der Waals surface area contributed by atoms with Crippen LogP contribution in [0.4, 0.5) is 0 Å². The molecule has 34 heavy (non-hydrogen) atoms. The number of benzene rings is 3. The summed E-state index contributed by atoms with van der Waals surface area (Å²) in [6.07, 6.45) is 0. The lowest BCUT2D eigenvalue weighted by molar-refractivity contribution is 0.293. The fourth-order valence-corrected chi connectivity index (χ4v) is 4.66. The van der Waals surface area contributed by atoms with Gasteiger partial charge in [-0.1, -0.05) is 53.7 Å². The number of phenols is 1. The standard InChI is InChI=1S/C25H18ClN3O4S/c26-20-8-4-5-9-21(20)32-14-23-27-28-25(29(23)17-6-2-1-3-7-17)34-15-16-12-24(31)33-22-13-18(30)10-11-19(16)22/h1-13,30H,14-15H2. The van der Waals surface area contributed by atoms with E-state index in [1.54, 1.807) is 24.3 Å². The Morgan fingerprint density at radius 1 is 1.00 bits per heavy atom. The van der Waals surface area contributed by atoms with Gasteiger partial charge in [0.15, 0.2) is 11.0 Å². The molecule has 7 nitrogen and oxygen atoms in total. The summed E-state index contributed by atoms with van der Waals surface area (Å²) in [7, 11) is 0. The van der Waals surface area contributed by atoms with Crippen molar-refractivity contribution in [3.05, 3.63) is 106 Å². The van der Waals surface area contributed by atoms with Gasteiger partial charge in [0.2, 0.25) is 0 Å². The zero-order chi connectivity index (χ0) is 23.5. The van der Waals surface area contributed by atoms with Crippen LogP contribution in [-0.2, 0) is 12.4 Å². The molecule has 0 bridgehead atoms. The second-order valence-corrected chi connectivity index (χ2v) is 8.70. The molecule has 0 aliphatic heterocycles. The zero-order valence-electron chi connectivity index (χ0n) is 17.7. The van der Waals surface area contributed by atoms with Gasteiger partial charge in [-0.3, -0.25) is 4.57 Å². The van der Waals surface area contributed by atoms with Gasteiger partial charge >= 0.3 is 5.63 Å². The first-order valence-corrected chi connectivity index (χ1v) is 11.7. The predicted octanol–water partition coefficient (Wildman–Crippen LogP) is 5.60. The predicted molar refractivity (Wildman–Crippen MR) is 131 cm³/mol. The van der Waals surface area contributed by atoms with Crippen molar-refractivity contribution in [2.45, 2.75) is 17.5 Å². The van der Waals surface area contributed by atoms with E-state index >= 15 is 0 Å². The molecule has 0 aliphatic carbocycles. The molecule has 0 amide bonds. The average Bonchev–Trinajstić information content (AvgIpc) is 3.25. The molecule has 0 atom stereocenters. The lowest BCUT2D eigenvalue weighted by Crippen LogP contribution is -2.07. The largest absolute Gasteiger partial charge is 0.508 e. The Kier molecular flexibility index (Phi) is 6.24. The second-order valence-electron chi connectivity index (χ2n) is 7.35. The zero-order valence-corrected chi connectivity index (χ0v) is 19.3. The number of phenolic OH excluding ortho intramolecular Hbond substituents is 1. The van der Waals surface area contributed by atoms with Crippen LogP contribution in [0.2, 0.25) is 5.02 Å². The number of nitrogens with zero attached hydrogens (tertiary/aromatic N) is 3. The molecule has 2 aromatic heterocycles. The molecule has 3 aromatic carbocycles. The maximum absolute atomic E-state index is 12.0. The molecule has 5 rings (SSSR count). The minimum absolute atomic E-state index is 0.0347. The van der Waals surface area contributed by atoms with Gasteiger partial charge in [-0.05, 0) is 42.0 Å². The van der Waals surface area contributed by atoms with Crippen LogP contribution in [0.15, 0.2) is 93.2 Å². The first kappa shape index (κ1) is 22.1. The van der Waals surface area contributed by atoms with Crippen molar-refractivity contribution in [2.75, 3.05) is 0 Å². The van der Waals surface area contributed by atoms with E-state index in [-0.39, 0.29) is 12.4 Å². The monoisotopic (exact) mass is 491 g/mol. The van der Waals surface area contributed by atoms with Gasteiger partial charge in [0.05, 0.1) is 5.02 Å². The van der Waals surface area contributed by atoms with Crippen LogP contribution < -0.4 is 10.4 Å². The number of rotatable bonds is 7. The third-order valence-electron chi connectivity index (χ3n) is 5.08. The Bertz CT molecular complexity index is 1520. The molecule has 5 aromatic rings. The molecule has 170 valence electrons. The van der Waals surface area contributed by atoms with Gasteiger partial charge in [0.1, 0.15) is 23.7 Å². The fourth-order valence-electron chi connectivity index (χ4n) is 3.51. The van der Waals surface area contributed by atoms with Crippen LogP contribution in [0, 0.1) is 0 Å². The molecule has 0 aliphatic rings. The molecule has 2 heterocycles. The van der Waals surface area contributed by atoms with Crippen LogP contribution in [0.25, 0.3) is 16.7 Å². The maximum Gasteiger partial charge on any atom is 0.336 e. The molecular weight excluding hydrogens is 474 g/mol. The molecule has 0 spiro atoms. The van der Waals surface area contributed by atoms with Crippen LogP contribution >= 0.6 is 23.4 Å². The van der Waals surface area contributed by atoms with Crippen LogP contribution in [0.1, 0.15) is 11.4 Å². The van der Waals surface area contributed by atoms with Gasteiger partial charge in [-0.2, -0.15) is 0 Å². The Morgan fingerprint density at radius 3 is 2.62 bits per heavy atom. The molecule has 0 unspecified atom stereocenters. The highest BCUT2D eigenvalue weighted by molar-refractivity contribution is 7.98. The summed E-state index contributed by atoms with van der Waals surface area (Å²) in [5, 5.41) is 20.4. The topological polar surface area (TPSA) is 90.4 Å². The Morgan fingerprint density at radius 2 is 1.79 bits per heavy atom. The minimum Gasteiger partial charge on any atom is -0.508 e. The van der Waals surface area contributed by atoms with Gasteiger partial charge in [0, 0.05) is 29.0 Å². The molecule has 0 fully saturated rings. The van der Waals surface area contributed by atoms with Crippen molar-refractivity contribution in [1.29, 1.82) is 0 Å². The van der Waals surface area contributed by atoms with Crippen molar-refractivity contribution in [3.63, 3.8) is 0 Å². The first-order valence-electron chi connectivity index (χ1n) is 10.3. The highest BCUT2D eigenvalue weighted by atomic mass is 35.5. The molecular formula is C25H18ClN3O4S. The Labute approximate surface area is 203 Å². The van der Waals surface area contributed by atoms with E-state index in [2.05, 4.69) is 10.2 Å². The van der Waals surface area contributed by atoms with Crippen LogP contribution in [0.3, 0.4) is 0 Å². The lowest BCUT2D eigenvalue weighted by atomic mass is 10.1. The van der Waals surface area contributed by atoms with E-state index in [0.717, 1.165) is 16.6 Å². The van der Waals surface area contributed by atoms with Gasteiger partial charge in [-0.15, -0.1) is 10.2 Å². The fraction of sp³-hybridized carbons (Fsp3) is 0.0800.